The molecule has 2 aromatic carbocycles. The van der Waals surface area contributed by atoms with Crippen molar-refractivity contribution in [1.29, 1.82) is 0 Å². The van der Waals surface area contributed by atoms with E-state index in [1.54, 1.807) is 37.4 Å². The van der Waals surface area contributed by atoms with Crippen LogP contribution in [0.1, 0.15) is 48.0 Å². The van der Waals surface area contributed by atoms with Crippen LogP contribution in [0, 0.1) is 0 Å². The van der Waals surface area contributed by atoms with E-state index in [4.69, 9.17) is 16.3 Å². The van der Waals surface area contributed by atoms with Gasteiger partial charge in [0.25, 0.3) is 5.91 Å². The molecule has 0 aromatic heterocycles. The van der Waals surface area contributed by atoms with Crippen molar-refractivity contribution in [1.82, 2.24) is 0 Å². The van der Waals surface area contributed by atoms with Crippen LogP contribution in [0.2, 0.25) is 0 Å². The summed E-state index contributed by atoms with van der Waals surface area (Å²) in [5, 5.41) is 9.99. The Bertz CT molecular complexity index is 842. The molecule has 0 aliphatic heterocycles. The quantitative estimate of drug-likeness (QED) is 0.265. The summed E-state index contributed by atoms with van der Waals surface area (Å²) in [5.74, 6) is 5.99. The number of methoxy groups -OCH3 is 1. The van der Waals surface area contributed by atoms with Crippen LogP contribution in [-0.4, -0.2) is 24.9 Å². The Balaban J connectivity index is 1.86. The van der Waals surface area contributed by atoms with Crippen molar-refractivity contribution in [3.05, 3.63) is 53.6 Å². The van der Waals surface area contributed by atoms with Gasteiger partial charge in [0, 0.05) is 23.0 Å². The number of carbonyl (C=O) groups excluding carboxylic acids is 1. The normalized spacial score (nSPS) is 15.1. The standard InChI is InChI=1S/C21H27N5O2/c1-28-17-10-8-16(9-11-17)25-21(27)18-13-14(20(22)26-23)7-12-19(18)24-15-5-3-2-4-6-15/h7-13,15,24H,2-6,23H2,1H3,(H2,22,26)(H,25,27). The van der Waals surface area contributed by atoms with Crippen LogP contribution in [0.5, 0.6) is 5.75 Å². The van der Waals surface area contributed by atoms with Crippen molar-refractivity contribution in [3.8, 4) is 5.75 Å². The number of nitrogens with zero attached hydrogens (tertiary/aromatic N) is 1. The number of benzene rings is 2. The van der Waals surface area contributed by atoms with Gasteiger partial charge in [0.05, 0.1) is 12.7 Å². The third-order valence-corrected chi connectivity index (χ3v) is 5.01. The van der Waals surface area contributed by atoms with Crippen LogP contribution in [0.3, 0.4) is 0 Å². The van der Waals surface area contributed by atoms with Gasteiger partial charge in [-0.2, -0.15) is 5.10 Å². The molecule has 0 bridgehead atoms. The van der Waals surface area contributed by atoms with Crippen molar-refractivity contribution in [3.63, 3.8) is 0 Å². The van der Waals surface area contributed by atoms with Gasteiger partial charge < -0.3 is 26.9 Å². The van der Waals surface area contributed by atoms with Gasteiger partial charge in [0.15, 0.2) is 0 Å². The van der Waals surface area contributed by atoms with Gasteiger partial charge in [0.1, 0.15) is 11.6 Å². The van der Waals surface area contributed by atoms with E-state index < -0.39 is 0 Å². The number of nitrogens with two attached hydrogens (primary N) is 2. The maximum Gasteiger partial charge on any atom is 0.257 e. The topological polar surface area (TPSA) is 115 Å². The van der Waals surface area contributed by atoms with Crippen LogP contribution in [0.4, 0.5) is 11.4 Å². The lowest BCUT2D eigenvalue weighted by atomic mass is 9.94. The Kier molecular flexibility index (Phi) is 6.37. The van der Waals surface area contributed by atoms with E-state index in [1.165, 1.54) is 19.3 Å². The maximum absolute atomic E-state index is 13.0. The molecule has 1 fully saturated rings. The monoisotopic (exact) mass is 381 g/mol. The molecule has 7 nitrogen and oxygen atoms in total. The van der Waals surface area contributed by atoms with Gasteiger partial charge in [-0.15, -0.1) is 0 Å². The number of hydrazone groups is 1. The first-order valence-corrected chi connectivity index (χ1v) is 9.50. The zero-order valence-corrected chi connectivity index (χ0v) is 16.1. The van der Waals surface area contributed by atoms with Gasteiger partial charge >= 0.3 is 0 Å². The molecule has 2 aromatic rings. The van der Waals surface area contributed by atoms with E-state index in [2.05, 4.69) is 15.7 Å². The molecule has 0 radical (unpaired) electrons. The van der Waals surface area contributed by atoms with E-state index in [0.29, 0.717) is 22.9 Å². The fourth-order valence-corrected chi connectivity index (χ4v) is 3.43. The molecule has 0 unspecified atom stereocenters. The lowest BCUT2D eigenvalue weighted by Crippen LogP contribution is -2.25. The lowest BCUT2D eigenvalue weighted by molar-refractivity contribution is 0.102. The summed E-state index contributed by atoms with van der Waals surface area (Å²) in [6, 6.07) is 13.0. The minimum Gasteiger partial charge on any atom is -0.497 e. The first-order chi connectivity index (χ1) is 13.6. The second-order valence-corrected chi connectivity index (χ2v) is 6.94. The van der Waals surface area contributed by atoms with Crippen molar-refractivity contribution in [2.75, 3.05) is 17.7 Å². The molecular weight excluding hydrogens is 354 g/mol. The Morgan fingerprint density at radius 2 is 1.82 bits per heavy atom. The average Bonchev–Trinajstić information content (AvgIpc) is 2.74. The Hall–Kier alpha value is -3.22. The summed E-state index contributed by atoms with van der Waals surface area (Å²) in [6.45, 7) is 0. The van der Waals surface area contributed by atoms with Crippen LogP contribution in [0.15, 0.2) is 47.6 Å². The first kappa shape index (κ1) is 19.5. The van der Waals surface area contributed by atoms with Crippen LogP contribution >= 0.6 is 0 Å². The number of hydrogen-bond donors (Lipinski definition) is 4. The van der Waals surface area contributed by atoms with Crippen molar-refractivity contribution in [2.24, 2.45) is 16.7 Å². The van der Waals surface area contributed by atoms with Crippen molar-refractivity contribution in [2.45, 2.75) is 38.1 Å². The molecule has 6 N–H and O–H groups in total. The van der Waals surface area contributed by atoms with E-state index in [9.17, 15) is 4.79 Å². The number of amidine groups is 1. The second kappa shape index (κ2) is 9.12. The molecule has 0 saturated heterocycles. The summed E-state index contributed by atoms with van der Waals surface area (Å²) in [7, 11) is 1.60. The number of ether oxygens (including phenoxy) is 1. The highest BCUT2D eigenvalue weighted by Crippen LogP contribution is 2.26. The van der Waals surface area contributed by atoms with Crippen LogP contribution in [-0.2, 0) is 0 Å². The molecule has 1 aliphatic carbocycles. The fourth-order valence-electron chi connectivity index (χ4n) is 3.43. The molecule has 0 heterocycles. The van der Waals surface area contributed by atoms with Crippen LogP contribution in [0.25, 0.3) is 0 Å². The van der Waals surface area contributed by atoms with E-state index >= 15 is 0 Å². The first-order valence-electron chi connectivity index (χ1n) is 9.50. The third-order valence-electron chi connectivity index (χ3n) is 5.01. The van der Waals surface area contributed by atoms with Gasteiger partial charge in [-0.3, -0.25) is 4.79 Å². The van der Waals surface area contributed by atoms with Gasteiger partial charge in [-0.25, -0.2) is 0 Å². The van der Waals surface area contributed by atoms with Crippen molar-refractivity contribution >= 4 is 23.1 Å². The molecule has 148 valence electrons. The number of rotatable bonds is 6. The number of hydrogen-bond acceptors (Lipinski definition) is 5. The van der Waals surface area contributed by atoms with Gasteiger partial charge in [-0.05, 0) is 55.3 Å². The highest BCUT2D eigenvalue weighted by molar-refractivity contribution is 6.10. The minimum atomic E-state index is -0.227. The van der Waals surface area contributed by atoms with Crippen molar-refractivity contribution < 1.29 is 9.53 Å². The molecule has 1 saturated carbocycles. The molecule has 3 rings (SSSR count). The predicted octanol–water partition coefficient (Wildman–Crippen LogP) is 3.27. The Labute approximate surface area is 165 Å². The summed E-state index contributed by atoms with van der Waals surface area (Å²) in [6.07, 6.45) is 5.89. The predicted molar refractivity (Wildman–Crippen MR) is 113 cm³/mol. The molecule has 0 atom stereocenters. The summed E-state index contributed by atoms with van der Waals surface area (Å²) >= 11 is 0. The smallest absolute Gasteiger partial charge is 0.257 e. The minimum absolute atomic E-state index is 0.183. The van der Waals surface area contributed by atoms with E-state index in [0.717, 1.165) is 24.3 Å². The largest absolute Gasteiger partial charge is 0.497 e. The number of anilines is 2. The van der Waals surface area contributed by atoms with E-state index in [1.807, 2.05) is 12.1 Å². The number of amides is 1. The molecule has 0 spiro atoms. The summed E-state index contributed by atoms with van der Waals surface area (Å²) < 4.78 is 5.16. The fraction of sp³-hybridized carbons (Fsp3) is 0.333. The highest BCUT2D eigenvalue weighted by Gasteiger charge is 2.18. The lowest BCUT2D eigenvalue weighted by Gasteiger charge is -2.25. The average molecular weight is 381 g/mol. The Morgan fingerprint density at radius 1 is 1.11 bits per heavy atom. The second-order valence-electron chi connectivity index (χ2n) is 6.94. The SMILES string of the molecule is COc1ccc(NC(=O)c2cc(/C(N)=N/N)ccc2NC2CCCCC2)cc1. The maximum atomic E-state index is 13.0. The highest BCUT2D eigenvalue weighted by atomic mass is 16.5. The summed E-state index contributed by atoms with van der Waals surface area (Å²) in [5.41, 5.74) is 8.42. The molecule has 1 aliphatic rings. The van der Waals surface area contributed by atoms with E-state index in [-0.39, 0.29) is 11.7 Å². The van der Waals surface area contributed by atoms with Gasteiger partial charge in [-0.1, -0.05) is 19.3 Å². The third kappa shape index (κ3) is 4.73. The molecular formula is C21H27N5O2. The zero-order chi connectivity index (χ0) is 19.9. The number of nitrogens with one attached hydrogen (secondary N) is 2. The zero-order valence-electron chi connectivity index (χ0n) is 16.1. The Morgan fingerprint density at radius 3 is 2.46 bits per heavy atom. The molecule has 7 heteroatoms. The van der Waals surface area contributed by atoms with Gasteiger partial charge in [0.2, 0.25) is 0 Å². The molecule has 28 heavy (non-hydrogen) atoms. The number of carbonyl (C=O) groups is 1. The molecule has 1 amide bonds. The van der Waals surface area contributed by atoms with Crippen LogP contribution < -0.4 is 26.9 Å². The summed E-state index contributed by atoms with van der Waals surface area (Å²) in [4.78, 5) is 13.0.